The van der Waals surface area contributed by atoms with E-state index in [1.807, 2.05) is 0 Å². The van der Waals surface area contributed by atoms with Gasteiger partial charge in [-0.1, -0.05) is 6.92 Å². The number of halogens is 3. The van der Waals surface area contributed by atoms with Gasteiger partial charge in [-0.05, 0) is 43.0 Å². The zero-order chi connectivity index (χ0) is 19.5. The summed E-state index contributed by atoms with van der Waals surface area (Å²) in [4.78, 5) is 4.24. The summed E-state index contributed by atoms with van der Waals surface area (Å²) in [6.07, 6.45) is -0.891. The number of guanidine groups is 1. The van der Waals surface area contributed by atoms with Crippen molar-refractivity contribution in [1.29, 1.82) is 0 Å². The highest BCUT2D eigenvalue weighted by atomic mass is 19.4. The topological polar surface area (TPSA) is 78.1 Å². The van der Waals surface area contributed by atoms with Gasteiger partial charge in [0.1, 0.15) is 11.9 Å². The molecule has 1 unspecified atom stereocenters. The molecule has 1 aliphatic heterocycles. The van der Waals surface area contributed by atoms with E-state index in [0.717, 1.165) is 25.7 Å². The van der Waals surface area contributed by atoms with Crippen molar-refractivity contribution in [3.8, 4) is 5.75 Å². The van der Waals surface area contributed by atoms with Crippen molar-refractivity contribution in [1.82, 2.24) is 0 Å². The van der Waals surface area contributed by atoms with Gasteiger partial charge in [0.15, 0.2) is 11.7 Å². The SMILES string of the molecule is CC1CCC2(CC1)OCC(CN=C(N)Nc1ccc(OC(F)(F)F)cc1)O2. The maximum absolute atomic E-state index is 12.2. The largest absolute Gasteiger partial charge is 0.573 e. The van der Waals surface area contributed by atoms with E-state index in [0.29, 0.717) is 24.8 Å². The molecule has 9 heteroatoms. The molecule has 0 amide bonds. The number of hydrogen-bond donors (Lipinski definition) is 2. The zero-order valence-electron chi connectivity index (χ0n) is 15.1. The van der Waals surface area contributed by atoms with Gasteiger partial charge < -0.3 is 25.3 Å². The number of alkyl halides is 3. The smallest absolute Gasteiger partial charge is 0.406 e. The molecule has 1 saturated heterocycles. The third-order valence-corrected chi connectivity index (χ3v) is 4.78. The number of rotatable bonds is 4. The lowest BCUT2D eigenvalue weighted by molar-refractivity contribution is -0.274. The van der Waals surface area contributed by atoms with Gasteiger partial charge in [0.05, 0.1) is 13.2 Å². The van der Waals surface area contributed by atoms with Crippen molar-refractivity contribution >= 4 is 11.6 Å². The van der Waals surface area contributed by atoms with Crippen molar-refractivity contribution in [2.45, 2.75) is 50.9 Å². The molecular weight excluding hydrogens is 363 g/mol. The predicted molar refractivity (Wildman–Crippen MR) is 94.4 cm³/mol. The first kappa shape index (κ1) is 19.8. The van der Waals surface area contributed by atoms with Crippen molar-refractivity contribution in [3.05, 3.63) is 24.3 Å². The van der Waals surface area contributed by atoms with Crippen LogP contribution in [0.3, 0.4) is 0 Å². The van der Waals surface area contributed by atoms with Crippen LogP contribution in [0.5, 0.6) is 5.75 Å². The lowest BCUT2D eigenvalue weighted by atomic mass is 9.86. The Morgan fingerprint density at radius 2 is 1.96 bits per heavy atom. The summed E-state index contributed by atoms with van der Waals surface area (Å²) in [6, 6.07) is 5.25. The summed E-state index contributed by atoms with van der Waals surface area (Å²) in [6.45, 7) is 3.07. The van der Waals surface area contributed by atoms with Crippen LogP contribution in [0.1, 0.15) is 32.6 Å². The highest BCUT2D eigenvalue weighted by molar-refractivity contribution is 5.92. The number of aliphatic imine (C=N–C) groups is 1. The number of nitrogens with two attached hydrogens (primary N) is 1. The molecule has 0 radical (unpaired) electrons. The molecule has 0 aromatic heterocycles. The maximum atomic E-state index is 12.2. The molecule has 1 heterocycles. The number of benzene rings is 1. The molecule has 6 nitrogen and oxygen atoms in total. The van der Waals surface area contributed by atoms with Crippen LogP contribution >= 0.6 is 0 Å². The van der Waals surface area contributed by atoms with E-state index >= 15 is 0 Å². The Labute approximate surface area is 155 Å². The van der Waals surface area contributed by atoms with E-state index < -0.39 is 12.1 Å². The quantitative estimate of drug-likeness (QED) is 0.609. The van der Waals surface area contributed by atoms with Crippen LogP contribution in [0, 0.1) is 5.92 Å². The average molecular weight is 387 g/mol. The van der Waals surface area contributed by atoms with Crippen molar-refractivity contribution in [2.24, 2.45) is 16.6 Å². The van der Waals surface area contributed by atoms with Gasteiger partial charge in [-0.3, -0.25) is 4.99 Å². The van der Waals surface area contributed by atoms with Crippen LogP contribution in [-0.4, -0.2) is 37.4 Å². The Morgan fingerprint density at radius 1 is 1.30 bits per heavy atom. The minimum absolute atomic E-state index is 0.152. The third-order valence-electron chi connectivity index (χ3n) is 4.78. The molecule has 3 rings (SSSR count). The molecule has 2 aliphatic rings. The van der Waals surface area contributed by atoms with Crippen molar-refractivity contribution < 1.29 is 27.4 Å². The van der Waals surface area contributed by atoms with Crippen molar-refractivity contribution in [3.63, 3.8) is 0 Å². The molecule has 1 aromatic rings. The average Bonchev–Trinajstić information content (AvgIpc) is 3.00. The van der Waals surface area contributed by atoms with E-state index in [2.05, 4.69) is 22.0 Å². The number of nitrogens with zero attached hydrogens (tertiary/aromatic N) is 1. The fraction of sp³-hybridized carbons (Fsp3) is 0.611. The molecule has 3 N–H and O–H groups in total. The van der Waals surface area contributed by atoms with E-state index in [9.17, 15) is 13.2 Å². The summed E-state index contributed by atoms with van der Waals surface area (Å²) >= 11 is 0. The lowest BCUT2D eigenvalue weighted by Gasteiger charge is -2.34. The predicted octanol–water partition coefficient (Wildman–Crippen LogP) is 3.63. The molecule has 1 saturated carbocycles. The van der Waals surface area contributed by atoms with Gasteiger partial charge in [-0.2, -0.15) is 0 Å². The number of hydrogen-bond acceptors (Lipinski definition) is 4. The zero-order valence-corrected chi connectivity index (χ0v) is 15.1. The molecule has 0 bridgehead atoms. The molecule has 1 spiro atoms. The van der Waals surface area contributed by atoms with Gasteiger partial charge in [-0.25, -0.2) is 0 Å². The fourth-order valence-electron chi connectivity index (χ4n) is 3.30. The monoisotopic (exact) mass is 387 g/mol. The van der Waals surface area contributed by atoms with Crippen LogP contribution in [0.25, 0.3) is 0 Å². The Hall–Kier alpha value is -2.00. The van der Waals surface area contributed by atoms with Gasteiger partial charge in [0.2, 0.25) is 0 Å². The summed E-state index contributed by atoms with van der Waals surface area (Å²) in [7, 11) is 0. The summed E-state index contributed by atoms with van der Waals surface area (Å²) in [5.74, 6) is 0.0876. The normalized spacial score (nSPS) is 29.1. The van der Waals surface area contributed by atoms with Crippen LogP contribution < -0.4 is 15.8 Å². The standard InChI is InChI=1S/C18H24F3N3O3/c1-12-6-8-17(9-7-12)25-11-15(26-17)10-23-16(22)24-13-2-4-14(5-3-13)27-18(19,20)21/h2-5,12,15H,6-11H2,1H3,(H3,22,23,24). The Balaban J connectivity index is 1.47. The number of ether oxygens (including phenoxy) is 3. The van der Waals surface area contributed by atoms with Crippen LogP contribution in [0.15, 0.2) is 29.3 Å². The van der Waals surface area contributed by atoms with Gasteiger partial charge in [0, 0.05) is 18.5 Å². The van der Waals surface area contributed by atoms with Crippen LogP contribution in [0.2, 0.25) is 0 Å². The molecule has 1 aliphatic carbocycles. The van der Waals surface area contributed by atoms with E-state index in [4.69, 9.17) is 15.2 Å². The Bertz CT molecular complexity index is 656. The summed E-state index contributed by atoms with van der Waals surface area (Å²) in [5.41, 5.74) is 6.35. The molecule has 2 fully saturated rings. The highest BCUT2D eigenvalue weighted by Crippen LogP contribution is 2.39. The molecule has 1 aromatic carbocycles. The molecule has 1 atom stereocenters. The van der Waals surface area contributed by atoms with E-state index in [1.54, 1.807) is 0 Å². The summed E-state index contributed by atoms with van der Waals surface area (Å²) in [5, 5.41) is 2.83. The summed E-state index contributed by atoms with van der Waals surface area (Å²) < 4.78 is 52.2. The molecule has 150 valence electrons. The number of nitrogens with one attached hydrogen (secondary N) is 1. The van der Waals surface area contributed by atoms with Gasteiger partial charge in [-0.15, -0.1) is 13.2 Å². The lowest BCUT2D eigenvalue weighted by Crippen LogP contribution is -2.35. The minimum atomic E-state index is -4.72. The van der Waals surface area contributed by atoms with E-state index in [-0.39, 0.29) is 17.8 Å². The van der Waals surface area contributed by atoms with E-state index in [1.165, 1.54) is 24.3 Å². The Kier molecular flexibility index (Phi) is 5.81. The maximum Gasteiger partial charge on any atom is 0.573 e. The van der Waals surface area contributed by atoms with Crippen molar-refractivity contribution in [2.75, 3.05) is 18.5 Å². The first-order valence-corrected chi connectivity index (χ1v) is 8.98. The first-order chi connectivity index (χ1) is 12.7. The molecule has 27 heavy (non-hydrogen) atoms. The third kappa shape index (κ3) is 5.74. The highest BCUT2D eigenvalue weighted by Gasteiger charge is 2.43. The second-order valence-electron chi connectivity index (χ2n) is 7.07. The molecular formula is C18H24F3N3O3. The second-order valence-corrected chi connectivity index (χ2v) is 7.07. The fourth-order valence-corrected chi connectivity index (χ4v) is 3.30. The first-order valence-electron chi connectivity index (χ1n) is 8.98. The van der Waals surface area contributed by atoms with Crippen LogP contribution in [-0.2, 0) is 9.47 Å². The minimum Gasteiger partial charge on any atom is -0.406 e. The van der Waals surface area contributed by atoms with Gasteiger partial charge >= 0.3 is 6.36 Å². The second kappa shape index (κ2) is 7.93. The van der Waals surface area contributed by atoms with Gasteiger partial charge in [0.25, 0.3) is 0 Å². The van der Waals surface area contributed by atoms with Crippen LogP contribution in [0.4, 0.5) is 18.9 Å². The number of anilines is 1. The Morgan fingerprint density at radius 3 is 2.59 bits per heavy atom.